The molecule has 1 saturated heterocycles. The van der Waals surface area contributed by atoms with E-state index in [1.54, 1.807) is 23.1 Å². The Balaban J connectivity index is 1.67. The maximum atomic E-state index is 13.0. The molecule has 3 rings (SSSR count). The van der Waals surface area contributed by atoms with Gasteiger partial charge in [-0.3, -0.25) is 0 Å². The minimum Gasteiger partial charge on any atom is -0.455 e. The van der Waals surface area contributed by atoms with Gasteiger partial charge in [-0.1, -0.05) is 12.1 Å². The molecule has 0 radical (unpaired) electrons. The van der Waals surface area contributed by atoms with E-state index in [1.807, 2.05) is 6.07 Å². The van der Waals surface area contributed by atoms with Gasteiger partial charge in [-0.2, -0.15) is 0 Å². The van der Waals surface area contributed by atoms with Crippen molar-refractivity contribution < 1.29 is 18.7 Å². The summed E-state index contributed by atoms with van der Waals surface area (Å²) in [4.78, 5) is 14.3. The first-order valence-electron chi connectivity index (χ1n) is 8.56. The molecule has 0 spiro atoms. The molecule has 0 unspecified atom stereocenters. The highest BCUT2D eigenvalue weighted by Gasteiger charge is 2.24. The fourth-order valence-electron chi connectivity index (χ4n) is 2.75. The molecule has 26 heavy (non-hydrogen) atoms. The van der Waals surface area contributed by atoms with E-state index in [-0.39, 0.29) is 18.0 Å². The Morgan fingerprint density at radius 3 is 2.81 bits per heavy atom. The van der Waals surface area contributed by atoms with Crippen molar-refractivity contribution in [2.75, 3.05) is 31.6 Å². The molecule has 0 bridgehead atoms. The molecule has 1 aliphatic heterocycles. The Morgan fingerprint density at radius 1 is 1.27 bits per heavy atom. The maximum absolute atomic E-state index is 13.0. The van der Waals surface area contributed by atoms with Gasteiger partial charge in [-0.05, 0) is 49.4 Å². The molecule has 2 amide bonds. The van der Waals surface area contributed by atoms with Crippen LogP contribution in [-0.2, 0) is 4.74 Å². The van der Waals surface area contributed by atoms with Crippen LogP contribution in [-0.4, -0.2) is 43.3 Å². The number of anilines is 1. The largest absolute Gasteiger partial charge is 0.455 e. The lowest BCUT2D eigenvalue weighted by Crippen LogP contribution is -2.47. The number of morpholine rings is 1. The van der Waals surface area contributed by atoms with Gasteiger partial charge in [0.15, 0.2) is 5.75 Å². The highest BCUT2D eigenvalue weighted by molar-refractivity contribution is 5.91. The van der Waals surface area contributed by atoms with Gasteiger partial charge in [-0.15, -0.1) is 0 Å². The van der Waals surface area contributed by atoms with Crippen molar-refractivity contribution in [3.8, 4) is 11.5 Å². The number of nitrogens with two attached hydrogens (primary N) is 1. The maximum Gasteiger partial charge on any atom is 0.322 e. The minimum atomic E-state index is -0.335. The van der Waals surface area contributed by atoms with Crippen molar-refractivity contribution in [1.29, 1.82) is 0 Å². The van der Waals surface area contributed by atoms with Crippen LogP contribution in [0.4, 0.5) is 14.9 Å². The molecule has 1 fully saturated rings. The Kier molecular flexibility index (Phi) is 6.04. The predicted octanol–water partition coefficient (Wildman–Crippen LogP) is 3.20. The monoisotopic (exact) mass is 359 g/mol. The number of rotatable bonds is 5. The highest BCUT2D eigenvalue weighted by atomic mass is 19.1. The third-order valence-corrected chi connectivity index (χ3v) is 4.08. The van der Waals surface area contributed by atoms with Crippen molar-refractivity contribution in [3.63, 3.8) is 0 Å². The second-order valence-electron chi connectivity index (χ2n) is 6.00. The van der Waals surface area contributed by atoms with Gasteiger partial charge in [0.2, 0.25) is 0 Å². The van der Waals surface area contributed by atoms with Crippen molar-refractivity contribution in [1.82, 2.24) is 4.90 Å². The Bertz CT molecular complexity index is 737. The van der Waals surface area contributed by atoms with Crippen LogP contribution in [0.3, 0.4) is 0 Å². The van der Waals surface area contributed by atoms with Crippen LogP contribution >= 0.6 is 0 Å². The minimum absolute atomic E-state index is 0.0368. The van der Waals surface area contributed by atoms with Crippen LogP contribution in [0.2, 0.25) is 0 Å². The lowest BCUT2D eigenvalue weighted by molar-refractivity contribution is -0.0146. The summed E-state index contributed by atoms with van der Waals surface area (Å²) in [6.45, 7) is 2.04. The fourth-order valence-corrected chi connectivity index (χ4v) is 2.75. The Hall–Kier alpha value is -2.64. The van der Waals surface area contributed by atoms with Crippen LogP contribution in [0.15, 0.2) is 48.5 Å². The van der Waals surface area contributed by atoms with Crippen LogP contribution < -0.4 is 15.8 Å². The van der Waals surface area contributed by atoms with Gasteiger partial charge >= 0.3 is 6.03 Å². The van der Waals surface area contributed by atoms with Crippen LogP contribution in [0.5, 0.6) is 11.5 Å². The zero-order chi connectivity index (χ0) is 18.4. The van der Waals surface area contributed by atoms with E-state index in [1.165, 1.54) is 24.3 Å². The molecule has 0 saturated carbocycles. The summed E-state index contributed by atoms with van der Waals surface area (Å²) in [5.74, 6) is 0.639. The number of urea groups is 1. The summed E-state index contributed by atoms with van der Waals surface area (Å²) < 4.78 is 24.4. The van der Waals surface area contributed by atoms with Crippen LogP contribution in [0.1, 0.15) is 6.42 Å². The zero-order valence-corrected chi connectivity index (χ0v) is 14.4. The number of benzene rings is 2. The highest BCUT2D eigenvalue weighted by Crippen LogP contribution is 2.29. The third-order valence-electron chi connectivity index (χ3n) is 4.08. The molecule has 2 aromatic rings. The number of ether oxygens (including phenoxy) is 2. The molecule has 1 heterocycles. The van der Waals surface area contributed by atoms with E-state index in [0.717, 1.165) is 0 Å². The standard InChI is InChI=1S/C19H22FN3O3/c20-14-5-7-15(8-6-14)26-18-4-2-1-3-17(18)22-19(24)23-11-12-25-16(13-23)9-10-21/h1-8,16H,9-13,21H2,(H,22,24)/t16-/m0/s1. The van der Waals surface area contributed by atoms with E-state index in [9.17, 15) is 9.18 Å². The summed E-state index contributed by atoms with van der Waals surface area (Å²) in [6, 6.07) is 12.6. The predicted molar refractivity (Wildman–Crippen MR) is 96.9 cm³/mol. The lowest BCUT2D eigenvalue weighted by atomic mass is 10.2. The van der Waals surface area contributed by atoms with Gasteiger partial charge in [0.05, 0.1) is 18.4 Å². The molecule has 3 N–H and O–H groups in total. The van der Waals surface area contributed by atoms with E-state index in [4.69, 9.17) is 15.2 Å². The van der Waals surface area contributed by atoms with Gasteiger partial charge in [-0.25, -0.2) is 9.18 Å². The molecule has 7 heteroatoms. The normalized spacial score (nSPS) is 17.0. The number of halogens is 1. The molecule has 0 aromatic heterocycles. The molecule has 1 aliphatic rings. The van der Waals surface area contributed by atoms with Crippen molar-refractivity contribution in [2.24, 2.45) is 5.73 Å². The van der Waals surface area contributed by atoms with Crippen LogP contribution in [0, 0.1) is 5.82 Å². The average molecular weight is 359 g/mol. The molecule has 0 aliphatic carbocycles. The van der Waals surface area contributed by atoms with Crippen molar-refractivity contribution >= 4 is 11.7 Å². The first-order chi connectivity index (χ1) is 12.7. The summed E-state index contributed by atoms with van der Waals surface area (Å²) >= 11 is 0. The van der Waals surface area contributed by atoms with Crippen molar-refractivity contribution in [2.45, 2.75) is 12.5 Å². The molecular formula is C19H22FN3O3. The van der Waals surface area contributed by atoms with Gasteiger partial charge in [0, 0.05) is 13.1 Å². The van der Waals surface area contributed by atoms with E-state index < -0.39 is 0 Å². The molecule has 1 atom stereocenters. The van der Waals surface area contributed by atoms with E-state index >= 15 is 0 Å². The number of nitrogens with zero attached hydrogens (tertiary/aromatic N) is 1. The number of hydrogen-bond acceptors (Lipinski definition) is 4. The molecule has 2 aromatic carbocycles. The summed E-state index contributed by atoms with van der Waals surface area (Å²) in [7, 11) is 0. The number of nitrogens with one attached hydrogen (secondary N) is 1. The Labute approximate surface area is 151 Å². The third kappa shape index (κ3) is 4.71. The first kappa shape index (κ1) is 18.2. The number of carbonyl (C=O) groups is 1. The number of amides is 2. The van der Waals surface area contributed by atoms with Crippen LogP contribution in [0.25, 0.3) is 0 Å². The summed E-state index contributed by atoms with van der Waals surface area (Å²) in [6.07, 6.45) is 0.679. The number of hydrogen-bond donors (Lipinski definition) is 2. The fraction of sp³-hybridized carbons (Fsp3) is 0.316. The van der Waals surface area contributed by atoms with E-state index in [0.29, 0.717) is 49.8 Å². The molecule has 6 nitrogen and oxygen atoms in total. The summed E-state index contributed by atoms with van der Waals surface area (Å²) in [5, 5.41) is 2.88. The van der Waals surface area contributed by atoms with Gasteiger partial charge in [0.25, 0.3) is 0 Å². The topological polar surface area (TPSA) is 76.8 Å². The smallest absolute Gasteiger partial charge is 0.322 e. The average Bonchev–Trinajstić information content (AvgIpc) is 2.66. The number of carbonyl (C=O) groups excluding carboxylic acids is 1. The Morgan fingerprint density at radius 2 is 2.04 bits per heavy atom. The lowest BCUT2D eigenvalue weighted by Gasteiger charge is -2.33. The van der Waals surface area contributed by atoms with E-state index in [2.05, 4.69) is 5.32 Å². The molecule has 138 valence electrons. The second kappa shape index (κ2) is 8.64. The SMILES string of the molecule is NCC[C@H]1CN(C(=O)Nc2ccccc2Oc2ccc(F)cc2)CCO1. The summed E-state index contributed by atoms with van der Waals surface area (Å²) in [5.41, 5.74) is 6.11. The zero-order valence-electron chi connectivity index (χ0n) is 14.4. The quantitative estimate of drug-likeness (QED) is 0.859. The molecular weight excluding hydrogens is 337 g/mol. The van der Waals surface area contributed by atoms with Gasteiger partial charge in [0.1, 0.15) is 11.6 Å². The first-order valence-corrected chi connectivity index (χ1v) is 8.56. The second-order valence-corrected chi connectivity index (χ2v) is 6.00. The number of para-hydroxylation sites is 2. The van der Waals surface area contributed by atoms with Gasteiger partial charge < -0.3 is 25.4 Å². The van der Waals surface area contributed by atoms with Crippen molar-refractivity contribution in [3.05, 3.63) is 54.3 Å².